The van der Waals surface area contributed by atoms with Gasteiger partial charge in [0.15, 0.2) is 0 Å². The first kappa shape index (κ1) is 19.9. The van der Waals surface area contributed by atoms with Gasteiger partial charge in [-0.25, -0.2) is 5.48 Å². The average molecular weight is 420 g/mol. The zero-order valence-electron chi connectivity index (χ0n) is 16.5. The number of aromatic nitrogens is 1. The quantitative estimate of drug-likeness (QED) is 0.231. The molecule has 0 radical (unpaired) electrons. The Labute approximate surface area is 178 Å². The Hall–Kier alpha value is -3.42. The Bertz CT molecular complexity index is 1200. The number of anilines is 1. The standard InChI is InChI=1S/C23H21N3O3S/c1-26-14-21(16-4-3-5-18(12-16)29-2)20-13-17(8-11-22(20)26)25-30-19-9-6-15(7-10-19)23(27)24-28/h3-14,25,28H,1-2H3,(H,24,27). The molecule has 3 aromatic carbocycles. The van der Waals surface area contributed by atoms with Gasteiger partial charge in [-0.3, -0.25) is 10.0 Å². The minimum Gasteiger partial charge on any atom is -0.497 e. The number of nitrogens with zero attached hydrogens (tertiary/aromatic N) is 1. The Morgan fingerprint density at radius 1 is 1.07 bits per heavy atom. The number of methoxy groups -OCH3 is 1. The van der Waals surface area contributed by atoms with Gasteiger partial charge in [-0.05, 0) is 72.1 Å². The summed E-state index contributed by atoms with van der Waals surface area (Å²) < 4.78 is 10.9. The molecule has 0 saturated heterocycles. The highest BCUT2D eigenvalue weighted by Gasteiger charge is 2.11. The lowest BCUT2D eigenvalue weighted by Crippen LogP contribution is -2.18. The van der Waals surface area contributed by atoms with Crippen LogP contribution in [0.3, 0.4) is 0 Å². The van der Waals surface area contributed by atoms with Crippen LogP contribution in [0.2, 0.25) is 0 Å². The summed E-state index contributed by atoms with van der Waals surface area (Å²) in [5.74, 6) is 0.298. The van der Waals surface area contributed by atoms with Crippen molar-refractivity contribution in [3.8, 4) is 16.9 Å². The highest BCUT2D eigenvalue weighted by atomic mass is 32.2. The summed E-state index contributed by atoms with van der Waals surface area (Å²) in [6.45, 7) is 0. The van der Waals surface area contributed by atoms with Crippen LogP contribution in [-0.4, -0.2) is 22.8 Å². The fraction of sp³-hybridized carbons (Fsp3) is 0.0870. The number of hydrogen-bond donors (Lipinski definition) is 3. The molecular formula is C23H21N3O3S. The number of benzene rings is 3. The van der Waals surface area contributed by atoms with E-state index in [2.05, 4.69) is 33.7 Å². The van der Waals surface area contributed by atoms with Crippen molar-refractivity contribution >= 4 is 34.4 Å². The van der Waals surface area contributed by atoms with Crippen LogP contribution in [-0.2, 0) is 7.05 Å². The van der Waals surface area contributed by atoms with E-state index in [4.69, 9.17) is 9.94 Å². The number of ether oxygens (including phenoxy) is 1. The molecule has 0 aliphatic rings. The maximum atomic E-state index is 11.4. The fourth-order valence-corrected chi connectivity index (χ4v) is 3.97. The summed E-state index contributed by atoms with van der Waals surface area (Å²) in [7, 11) is 3.71. The lowest BCUT2D eigenvalue weighted by molar-refractivity contribution is 0.0706. The summed E-state index contributed by atoms with van der Waals surface area (Å²) >= 11 is 1.45. The second kappa shape index (κ2) is 8.52. The molecule has 0 aliphatic heterocycles. The monoisotopic (exact) mass is 419 g/mol. The Morgan fingerprint density at radius 3 is 2.60 bits per heavy atom. The van der Waals surface area contributed by atoms with Crippen molar-refractivity contribution in [2.45, 2.75) is 4.90 Å². The van der Waals surface area contributed by atoms with Gasteiger partial charge in [-0.1, -0.05) is 12.1 Å². The molecule has 7 heteroatoms. The third kappa shape index (κ3) is 3.98. The minimum absolute atomic E-state index is 0.399. The van der Waals surface area contributed by atoms with Crippen molar-refractivity contribution in [2.75, 3.05) is 11.8 Å². The Kier molecular flexibility index (Phi) is 5.65. The lowest BCUT2D eigenvalue weighted by atomic mass is 10.0. The van der Waals surface area contributed by atoms with Gasteiger partial charge in [0, 0.05) is 45.9 Å². The van der Waals surface area contributed by atoms with E-state index < -0.39 is 5.91 Å². The number of hydrogen-bond acceptors (Lipinski definition) is 5. The van der Waals surface area contributed by atoms with E-state index >= 15 is 0 Å². The van der Waals surface area contributed by atoms with E-state index in [0.717, 1.165) is 38.4 Å². The summed E-state index contributed by atoms with van der Waals surface area (Å²) in [6.07, 6.45) is 2.13. The van der Waals surface area contributed by atoms with Gasteiger partial charge < -0.3 is 14.0 Å². The van der Waals surface area contributed by atoms with E-state index in [-0.39, 0.29) is 0 Å². The molecule has 4 rings (SSSR count). The van der Waals surface area contributed by atoms with Crippen LogP contribution in [0.5, 0.6) is 5.75 Å². The van der Waals surface area contributed by atoms with E-state index in [1.54, 1.807) is 24.7 Å². The number of carbonyl (C=O) groups excluding carboxylic acids is 1. The number of amides is 1. The first-order valence-corrected chi connectivity index (χ1v) is 10.1. The van der Waals surface area contributed by atoms with Crippen LogP contribution < -0.4 is 14.9 Å². The molecule has 6 nitrogen and oxygen atoms in total. The van der Waals surface area contributed by atoms with Crippen molar-refractivity contribution in [3.05, 3.63) is 78.5 Å². The zero-order valence-corrected chi connectivity index (χ0v) is 17.4. The maximum absolute atomic E-state index is 11.4. The van der Waals surface area contributed by atoms with Crippen molar-refractivity contribution in [2.24, 2.45) is 7.05 Å². The topological polar surface area (TPSA) is 75.5 Å². The highest BCUT2D eigenvalue weighted by Crippen LogP contribution is 2.34. The molecule has 0 fully saturated rings. The molecule has 0 saturated carbocycles. The summed E-state index contributed by atoms with van der Waals surface area (Å²) in [4.78, 5) is 12.4. The predicted octanol–water partition coefficient (Wildman–Crippen LogP) is 5.09. The third-order valence-electron chi connectivity index (χ3n) is 4.87. The molecule has 1 heterocycles. The van der Waals surface area contributed by atoms with Crippen molar-refractivity contribution in [1.82, 2.24) is 10.0 Å². The number of fused-ring (bicyclic) bond motifs is 1. The van der Waals surface area contributed by atoms with Crippen LogP contribution >= 0.6 is 11.9 Å². The molecule has 0 unspecified atom stereocenters. The molecule has 0 spiro atoms. The predicted molar refractivity (Wildman–Crippen MR) is 120 cm³/mol. The van der Waals surface area contributed by atoms with Crippen molar-refractivity contribution < 1.29 is 14.7 Å². The highest BCUT2D eigenvalue weighted by molar-refractivity contribution is 8.00. The molecule has 0 bridgehead atoms. The Morgan fingerprint density at radius 2 is 1.87 bits per heavy atom. The van der Waals surface area contributed by atoms with Gasteiger partial charge in [0.1, 0.15) is 5.75 Å². The SMILES string of the molecule is COc1cccc(-c2cn(C)c3ccc(NSc4ccc(C(=O)NO)cc4)cc23)c1. The first-order valence-electron chi connectivity index (χ1n) is 9.30. The second-order valence-electron chi connectivity index (χ2n) is 6.79. The van der Waals surface area contributed by atoms with Gasteiger partial charge >= 0.3 is 0 Å². The van der Waals surface area contributed by atoms with Crippen LogP contribution in [0.1, 0.15) is 10.4 Å². The van der Waals surface area contributed by atoms with Gasteiger partial charge in [0.05, 0.1) is 7.11 Å². The van der Waals surface area contributed by atoms with Crippen LogP contribution in [0.25, 0.3) is 22.0 Å². The zero-order chi connectivity index (χ0) is 21.1. The molecule has 152 valence electrons. The third-order valence-corrected chi connectivity index (χ3v) is 5.72. The van der Waals surface area contributed by atoms with E-state index in [1.807, 2.05) is 43.4 Å². The number of carbonyl (C=O) groups is 1. The molecule has 4 aromatic rings. The van der Waals surface area contributed by atoms with E-state index in [0.29, 0.717) is 5.56 Å². The molecule has 0 atom stereocenters. The molecule has 0 aliphatic carbocycles. The van der Waals surface area contributed by atoms with Crippen LogP contribution in [0.4, 0.5) is 5.69 Å². The van der Waals surface area contributed by atoms with E-state index in [9.17, 15) is 4.79 Å². The number of nitrogens with one attached hydrogen (secondary N) is 2. The van der Waals surface area contributed by atoms with Crippen LogP contribution in [0, 0.1) is 0 Å². The van der Waals surface area contributed by atoms with Crippen molar-refractivity contribution in [1.29, 1.82) is 0 Å². The second-order valence-corrected chi connectivity index (χ2v) is 7.67. The largest absolute Gasteiger partial charge is 0.497 e. The average Bonchev–Trinajstić information content (AvgIpc) is 3.13. The fourth-order valence-electron chi connectivity index (χ4n) is 3.33. The normalized spacial score (nSPS) is 10.8. The van der Waals surface area contributed by atoms with Crippen LogP contribution in [0.15, 0.2) is 77.8 Å². The minimum atomic E-state index is -0.529. The van der Waals surface area contributed by atoms with Gasteiger partial charge in [0.25, 0.3) is 5.91 Å². The number of rotatable bonds is 6. The lowest BCUT2D eigenvalue weighted by Gasteiger charge is -2.08. The first-order chi connectivity index (χ1) is 14.6. The summed E-state index contributed by atoms with van der Waals surface area (Å²) in [5, 5.41) is 9.85. The molecule has 3 N–H and O–H groups in total. The van der Waals surface area contributed by atoms with Gasteiger partial charge in [0.2, 0.25) is 0 Å². The molecule has 1 aromatic heterocycles. The van der Waals surface area contributed by atoms with Gasteiger partial charge in [-0.2, -0.15) is 0 Å². The Balaban J connectivity index is 1.59. The number of aryl methyl sites for hydroxylation is 1. The van der Waals surface area contributed by atoms with Gasteiger partial charge in [-0.15, -0.1) is 0 Å². The van der Waals surface area contributed by atoms with E-state index in [1.165, 1.54) is 11.9 Å². The summed E-state index contributed by atoms with van der Waals surface area (Å²) in [6, 6.07) is 21.3. The molecular weight excluding hydrogens is 398 g/mol. The molecule has 30 heavy (non-hydrogen) atoms. The summed E-state index contributed by atoms with van der Waals surface area (Å²) in [5.41, 5.74) is 6.38. The molecule has 1 amide bonds. The maximum Gasteiger partial charge on any atom is 0.274 e. The van der Waals surface area contributed by atoms with Crippen molar-refractivity contribution in [3.63, 3.8) is 0 Å². The number of hydroxylamine groups is 1. The smallest absolute Gasteiger partial charge is 0.274 e.